The first-order valence-electron chi connectivity index (χ1n) is 4.22. The summed E-state index contributed by atoms with van der Waals surface area (Å²) in [5.41, 5.74) is 0.297. The molecule has 6 heteroatoms. The van der Waals surface area contributed by atoms with E-state index in [1.807, 2.05) is 0 Å². The van der Waals surface area contributed by atoms with Crippen LogP contribution in [-0.2, 0) is 7.05 Å². The molecule has 1 N–H and O–H groups in total. The van der Waals surface area contributed by atoms with E-state index < -0.39 is 6.10 Å². The Bertz CT molecular complexity index is 329. The first kappa shape index (κ1) is 11.3. The average molecular weight is 262 g/mol. The van der Waals surface area contributed by atoms with Gasteiger partial charge in [-0.3, -0.25) is 4.79 Å². The molecule has 5 nitrogen and oxygen atoms in total. The number of aliphatic hydroxyl groups excluding tert-OH is 1. The van der Waals surface area contributed by atoms with Crippen molar-refractivity contribution in [2.24, 2.45) is 13.0 Å². The van der Waals surface area contributed by atoms with E-state index in [2.05, 4.69) is 26.2 Å². The highest BCUT2D eigenvalue weighted by Gasteiger charge is 2.26. The summed E-state index contributed by atoms with van der Waals surface area (Å²) in [5, 5.41) is 16.9. The zero-order valence-corrected chi connectivity index (χ0v) is 9.82. The van der Waals surface area contributed by atoms with Gasteiger partial charge in [0.25, 0.3) is 0 Å². The molecule has 0 spiro atoms. The van der Waals surface area contributed by atoms with Crippen LogP contribution >= 0.6 is 15.9 Å². The van der Waals surface area contributed by atoms with Crippen molar-refractivity contribution in [3.63, 3.8) is 0 Å². The van der Waals surface area contributed by atoms with Crippen LogP contribution in [0.3, 0.4) is 0 Å². The molecule has 1 aromatic rings. The van der Waals surface area contributed by atoms with Crippen molar-refractivity contribution in [1.29, 1.82) is 0 Å². The van der Waals surface area contributed by atoms with Crippen LogP contribution in [0.15, 0.2) is 4.60 Å². The molecule has 0 aliphatic rings. The number of rotatable bonds is 3. The van der Waals surface area contributed by atoms with Gasteiger partial charge in [-0.1, -0.05) is 19.1 Å². The monoisotopic (exact) mass is 261 g/mol. The Balaban J connectivity index is 3.00. The quantitative estimate of drug-likeness (QED) is 0.817. The summed E-state index contributed by atoms with van der Waals surface area (Å²) >= 11 is 3.11. The maximum absolute atomic E-state index is 11.7. The molecule has 1 heterocycles. The predicted molar refractivity (Wildman–Crippen MR) is 53.9 cm³/mol. The molecule has 0 radical (unpaired) electrons. The summed E-state index contributed by atoms with van der Waals surface area (Å²) in [5.74, 6) is -0.483. The molecule has 78 valence electrons. The Morgan fingerprint density at radius 3 is 2.50 bits per heavy atom. The van der Waals surface area contributed by atoms with Gasteiger partial charge in [0.15, 0.2) is 4.60 Å². The van der Waals surface area contributed by atoms with Crippen LogP contribution in [0.4, 0.5) is 0 Å². The Morgan fingerprint density at radius 2 is 2.14 bits per heavy atom. The summed E-state index contributed by atoms with van der Waals surface area (Å²) in [6.07, 6.45) is -1.01. The van der Waals surface area contributed by atoms with Crippen LogP contribution in [0.5, 0.6) is 0 Å². The number of Topliss-reactive ketones (excluding diaryl/α,β-unsaturated/α-hetero) is 1. The third kappa shape index (κ3) is 2.01. The summed E-state index contributed by atoms with van der Waals surface area (Å²) in [6, 6.07) is 0. The number of nitrogens with zero attached hydrogens (tertiary/aromatic N) is 3. The van der Waals surface area contributed by atoms with Crippen LogP contribution in [-0.4, -0.2) is 32.0 Å². The first-order chi connectivity index (χ1) is 6.45. The number of carbonyl (C=O) groups excluding carboxylic acids is 1. The lowest BCUT2D eigenvalue weighted by atomic mass is 10.0. The van der Waals surface area contributed by atoms with Crippen molar-refractivity contribution >= 4 is 21.7 Å². The number of carbonyl (C=O) groups is 1. The minimum Gasteiger partial charge on any atom is -0.385 e. The molecule has 14 heavy (non-hydrogen) atoms. The Kier molecular flexibility index (Phi) is 3.38. The van der Waals surface area contributed by atoms with Crippen molar-refractivity contribution < 1.29 is 9.90 Å². The number of halogens is 1. The summed E-state index contributed by atoms with van der Waals surface area (Å²) in [4.78, 5) is 11.7. The van der Waals surface area contributed by atoms with Gasteiger partial charge in [0, 0.05) is 7.05 Å². The first-order valence-corrected chi connectivity index (χ1v) is 5.02. The smallest absolute Gasteiger partial charge is 0.212 e. The van der Waals surface area contributed by atoms with Gasteiger partial charge in [0.1, 0.15) is 11.8 Å². The molecule has 1 rings (SSSR count). The van der Waals surface area contributed by atoms with Crippen molar-refractivity contribution in [3.05, 3.63) is 10.3 Å². The van der Waals surface area contributed by atoms with Gasteiger partial charge in [-0.05, 0) is 21.8 Å². The Morgan fingerprint density at radius 1 is 1.57 bits per heavy atom. The molecule has 1 atom stereocenters. The van der Waals surface area contributed by atoms with E-state index in [0.717, 1.165) is 0 Å². The van der Waals surface area contributed by atoms with Gasteiger partial charge in [-0.2, -0.15) is 0 Å². The second-order valence-corrected chi connectivity index (χ2v) is 4.16. The molecule has 0 amide bonds. The highest BCUT2D eigenvalue weighted by atomic mass is 79.9. The molecule has 0 saturated heterocycles. The fourth-order valence-electron chi connectivity index (χ4n) is 1.04. The molecule has 0 bridgehead atoms. The Hall–Kier alpha value is -0.750. The molecule has 1 aromatic heterocycles. The van der Waals surface area contributed by atoms with E-state index in [-0.39, 0.29) is 11.7 Å². The zero-order valence-electron chi connectivity index (χ0n) is 8.23. The molecule has 0 aliphatic carbocycles. The van der Waals surface area contributed by atoms with E-state index in [1.54, 1.807) is 20.9 Å². The van der Waals surface area contributed by atoms with Crippen molar-refractivity contribution in [2.45, 2.75) is 20.0 Å². The normalized spacial score (nSPS) is 13.3. The lowest BCUT2D eigenvalue weighted by Gasteiger charge is -2.12. The minimum absolute atomic E-state index is 0.121. The number of hydrogen-bond acceptors (Lipinski definition) is 4. The molecular weight excluding hydrogens is 250 g/mol. The maximum Gasteiger partial charge on any atom is 0.212 e. The average Bonchev–Trinajstić information content (AvgIpc) is 2.44. The SMILES string of the molecule is CC(C)C(O)C(=O)c1c(Br)nnn1C. The molecule has 0 fully saturated rings. The fourth-order valence-corrected chi connectivity index (χ4v) is 1.56. The third-order valence-corrected chi connectivity index (χ3v) is 2.45. The van der Waals surface area contributed by atoms with E-state index in [9.17, 15) is 9.90 Å². The standard InChI is InChI=1S/C8H12BrN3O2/c1-4(2)6(13)7(14)5-8(9)10-11-12(5)3/h4,6,13H,1-3H3. The number of hydrogen-bond donors (Lipinski definition) is 1. The number of aliphatic hydroxyl groups is 1. The van der Waals surface area contributed by atoms with Gasteiger partial charge >= 0.3 is 0 Å². The van der Waals surface area contributed by atoms with Crippen molar-refractivity contribution in [2.75, 3.05) is 0 Å². The van der Waals surface area contributed by atoms with Crippen LogP contribution in [0.2, 0.25) is 0 Å². The van der Waals surface area contributed by atoms with Gasteiger partial charge in [0.2, 0.25) is 5.78 Å². The van der Waals surface area contributed by atoms with Crippen LogP contribution in [0.25, 0.3) is 0 Å². The number of ketones is 1. The maximum atomic E-state index is 11.7. The van der Waals surface area contributed by atoms with Gasteiger partial charge < -0.3 is 5.11 Å². The second-order valence-electron chi connectivity index (χ2n) is 3.41. The van der Waals surface area contributed by atoms with Crippen LogP contribution in [0.1, 0.15) is 24.3 Å². The second kappa shape index (κ2) is 4.18. The van der Waals surface area contributed by atoms with Crippen molar-refractivity contribution in [3.8, 4) is 0 Å². The predicted octanol–water partition coefficient (Wildman–Crippen LogP) is 0.777. The molecule has 0 saturated carbocycles. The van der Waals surface area contributed by atoms with Gasteiger partial charge in [0.05, 0.1) is 0 Å². The summed E-state index contributed by atoms with van der Waals surface area (Å²) < 4.78 is 1.71. The Labute approximate surface area is 90.2 Å². The molecule has 0 aliphatic heterocycles. The van der Waals surface area contributed by atoms with E-state index in [1.165, 1.54) is 4.68 Å². The van der Waals surface area contributed by atoms with Crippen LogP contribution < -0.4 is 0 Å². The summed E-state index contributed by atoms with van der Waals surface area (Å²) in [7, 11) is 1.61. The van der Waals surface area contributed by atoms with E-state index in [0.29, 0.717) is 10.3 Å². The third-order valence-electron chi connectivity index (χ3n) is 1.92. The fraction of sp³-hybridized carbons (Fsp3) is 0.625. The number of aryl methyl sites for hydroxylation is 1. The number of aromatic nitrogens is 3. The molecule has 1 unspecified atom stereocenters. The topological polar surface area (TPSA) is 68.0 Å². The highest BCUT2D eigenvalue weighted by molar-refractivity contribution is 9.10. The zero-order chi connectivity index (χ0) is 10.9. The van der Waals surface area contributed by atoms with Gasteiger partial charge in [-0.15, -0.1) is 5.10 Å². The van der Waals surface area contributed by atoms with Gasteiger partial charge in [-0.25, -0.2) is 4.68 Å². The van der Waals surface area contributed by atoms with E-state index in [4.69, 9.17) is 0 Å². The summed E-state index contributed by atoms with van der Waals surface area (Å²) in [6.45, 7) is 3.56. The molecule has 0 aromatic carbocycles. The highest BCUT2D eigenvalue weighted by Crippen LogP contribution is 2.16. The van der Waals surface area contributed by atoms with Crippen molar-refractivity contribution in [1.82, 2.24) is 15.0 Å². The lowest BCUT2D eigenvalue weighted by Crippen LogP contribution is -2.28. The lowest BCUT2D eigenvalue weighted by molar-refractivity contribution is 0.0636. The van der Waals surface area contributed by atoms with Crippen LogP contribution in [0, 0.1) is 5.92 Å². The van der Waals surface area contributed by atoms with E-state index >= 15 is 0 Å². The molecular formula is C8H12BrN3O2. The minimum atomic E-state index is -1.01. The largest absolute Gasteiger partial charge is 0.385 e.